The van der Waals surface area contributed by atoms with Gasteiger partial charge in [0.05, 0.1) is 12.6 Å². The van der Waals surface area contributed by atoms with Gasteiger partial charge in [0, 0.05) is 12.2 Å². The molecule has 1 aromatic rings. The number of aliphatic hydroxyl groups is 1. The number of carbonyl (C=O) groups is 1. The average molecular weight is 280 g/mol. The third-order valence-corrected chi connectivity index (χ3v) is 3.71. The standard InChI is InChI=1S/C15H21FN2O2/c1-18(9-11-3-2-4-14(11)19)10-15(20)17-13-7-5-12(16)6-8-13/h5-8,11,14,19H,2-4,9-10H2,1H3,(H,17,20). The van der Waals surface area contributed by atoms with Gasteiger partial charge in [-0.1, -0.05) is 6.42 Å². The number of amides is 1. The Morgan fingerprint density at radius 2 is 2.10 bits per heavy atom. The maximum Gasteiger partial charge on any atom is 0.238 e. The molecule has 1 fully saturated rings. The molecule has 0 heterocycles. The Balaban J connectivity index is 1.77. The summed E-state index contributed by atoms with van der Waals surface area (Å²) in [7, 11) is 1.87. The Morgan fingerprint density at radius 3 is 2.70 bits per heavy atom. The normalized spacial score (nSPS) is 22.2. The quantitative estimate of drug-likeness (QED) is 0.865. The molecule has 2 unspecified atom stereocenters. The second kappa shape index (κ2) is 6.81. The van der Waals surface area contributed by atoms with Crippen LogP contribution in [0.15, 0.2) is 24.3 Å². The van der Waals surface area contributed by atoms with Gasteiger partial charge in [-0.3, -0.25) is 9.69 Å². The zero-order valence-electron chi connectivity index (χ0n) is 11.7. The highest BCUT2D eigenvalue weighted by Crippen LogP contribution is 2.25. The van der Waals surface area contributed by atoms with Gasteiger partial charge < -0.3 is 10.4 Å². The molecule has 2 rings (SSSR count). The van der Waals surface area contributed by atoms with Crippen molar-refractivity contribution in [3.05, 3.63) is 30.1 Å². The lowest BCUT2D eigenvalue weighted by molar-refractivity contribution is -0.117. The van der Waals surface area contributed by atoms with Crippen molar-refractivity contribution >= 4 is 11.6 Å². The molecule has 0 radical (unpaired) electrons. The average Bonchev–Trinajstić information content (AvgIpc) is 2.77. The highest BCUT2D eigenvalue weighted by Gasteiger charge is 2.26. The van der Waals surface area contributed by atoms with Crippen molar-refractivity contribution in [2.45, 2.75) is 25.4 Å². The van der Waals surface area contributed by atoms with E-state index in [0.717, 1.165) is 25.8 Å². The van der Waals surface area contributed by atoms with Crippen LogP contribution in [0.4, 0.5) is 10.1 Å². The summed E-state index contributed by atoms with van der Waals surface area (Å²) >= 11 is 0. The third-order valence-electron chi connectivity index (χ3n) is 3.71. The van der Waals surface area contributed by atoms with Crippen LogP contribution in [-0.2, 0) is 4.79 Å². The molecule has 1 aliphatic carbocycles. The van der Waals surface area contributed by atoms with Gasteiger partial charge in [-0.15, -0.1) is 0 Å². The Kier molecular flexibility index (Phi) is 5.09. The molecule has 0 bridgehead atoms. The molecular formula is C15H21FN2O2. The summed E-state index contributed by atoms with van der Waals surface area (Å²) < 4.78 is 12.8. The highest BCUT2D eigenvalue weighted by atomic mass is 19.1. The second-order valence-corrected chi connectivity index (χ2v) is 5.51. The van der Waals surface area contributed by atoms with Gasteiger partial charge in [-0.2, -0.15) is 0 Å². The molecule has 2 N–H and O–H groups in total. The third kappa shape index (κ3) is 4.28. The number of hydrogen-bond acceptors (Lipinski definition) is 3. The predicted molar refractivity (Wildman–Crippen MR) is 75.9 cm³/mol. The molecule has 0 saturated heterocycles. The number of nitrogens with zero attached hydrogens (tertiary/aromatic N) is 1. The first kappa shape index (κ1) is 14.9. The van der Waals surface area contributed by atoms with E-state index < -0.39 is 0 Å². The maximum atomic E-state index is 12.8. The predicted octanol–water partition coefficient (Wildman–Crippen LogP) is 1.86. The monoisotopic (exact) mass is 280 g/mol. The Labute approximate surface area is 118 Å². The number of nitrogens with one attached hydrogen (secondary N) is 1. The molecule has 0 aromatic heterocycles. The van der Waals surface area contributed by atoms with Gasteiger partial charge in [-0.25, -0.2) is 4.39 Å². The summed E-state index contributed by atoms with van der Waals surface area (Å²) in [4.78, 5) is 13.8. The van der Waals surface area contributed by atoms with Crippen molar-refractivity contribution in [3.8, 4) is 0 Å². The minimum absolute atomic E-state index is 0.133. The molecule has 1 saturated carbocycles. The van der Waals surface area contributed by atoms with Crippen LogP contribution < -0.4 is 5.32 Å². The number of aliphatic hydroxyl groups excluding tert-OH is 1. The summed E-state index contributed by atoms with van der Waals surface area (Å²) in [5.41, 5.74) is 0.589. The Morgan fingerprint density at radius 1 is 1.40 bits per heavy atom. The number of carbonyl (C=O) groups excluding carboxylic acids is 1. The van der Waals surface area contributed by atoms with Crippen molar-refractivity contribution in [2.75, 3.05) is 25.5 Å². The van der Waals surface area contributed by atoms with E-state index in [0.29, 0.717) is 5.69 Å². The number of halogens is 1. The smallest absolute Gasteiger partial charge is 0.238 e. The lowest BCUT2D eigenvalue weighted by Gasteiger charge is -2.22. The molecule has 2 atom stereocenters. The van der Waals surface area contributed by atoms with E-state index in [1.807, 2.05) is 11.9 Å². The van der Waals surface area contributed by atoms with Crippen LogP contribution in [0.5, 0.6) is 0 Å². The Hall–Kier alpha value is -1.46. The molecular weight excluding hydrogens is 259 g/mol. The van der Waals surface area contributed by atoms with Gasteiger partial charge in [0.25, 0.3) is 0 Å². The van der Waals surface area contributed by atoms with Crippen LogP contribution in [-0.4, -0.2) is 42.2 Å². The topological polar surface area (TPSA) is 52.6 Å². The lowest BCUT2D eigenvalue weighted by atomic mass is 10.1. The fraction of sp³-hybridized carbons (Fsp3) is 0.533. The zero-order chi connectivity index (χ0) is 14.5. The SMILES string of the molecule is CN(CC(=O)Nc1ccc(F)cc1)CC1CCCC1O. The van der Waals surface area contributed by atoms with Crippen LogP contribution in [0.1, 0.15) is 19.3 Å². The summed E-state index contributed by atoms with van der Waals surface area (Å²) in [6.07, 6.45) is 2.70. The minimum atomic E-state index is -0.324. The van der Waals surface area contributed by atoms with Crippen LogP contribution in [0, 0.1) is 11.7 Å². The van der Waals surface area contributed by atoms with Gasteiger partial charge >= 0.3 is 0 Å². The summed E-state index contributed by atoms with van der Waals surface area (Å²) in [5, 5.41) is 12.5. The fourth-order valence-corrected chi connectivity index (χ4v) is 2.67. The first-order valence-corrected chi connectivity index (χ1v) is 6.96. The van der Waals surface area contributed by atoms with E-state index in [1.54, 1.807) is 0 Å². The summed E-state index contributed by atoms with van der Waals surface area (Å²) in [6.45, 7) is 0.985. The molecule has 1 aliphatic rings. The number of hydrogen-bond donors (Lipinski definition) is 2. The Bertz CT molecular complexity index is 450. The van der Waals surface area contributed by atoms with Gasteiger partial charge in [-0.05, 0) is 50.1 Å². The maximum absolute atomic E-state index is 12.8. The first-order chi connectivity index (χ1) is 9.54. The van der Waals surface area contributed by atoms with Gasteiger partial charge in [0.15, 0.2) is 0 Å². The van der Waals surface area contributed by atoms with Crippen molar-refractivity contribution in [2.24, 2.45) is 5.92 Å². The number of benzene rings is 1. The van der Waals surface area contributed by atoms with E-state index in [4.69, 9.17) is 0 Å². The molecule has 1 aromatic carbocycles. The molecule has 1 amide bonds. The van der Waals surface area contributed by atoms with Gasteiger partial charge in [0.2, 0.25) is 5.91 Å². The van der Waals surface area contributed by atoms with E-state index >= 15 is 0 Å². The highest BCUT2D eigenvalue weighted by molar-refractivity contribution is 5.92. The number of rotatable bonds is 5. The lowest BCUT2D eigenvalue weighted by Crippen LogP contribution is -2.35. The van der Waals surface area contributed by atoms with E-state index in [-0.39, 0.29) is 30.3 Å². The second-order valence-electron chi connectivity index (χ2n) is 5.51. The van der Waals surface area contributed by atoms with E-state index in [9.17, 15) is 14.3 Å². The number of anilines is 1. The molecule has 5 heteroatoms. The fourth-order valence-electron chi connectivity index (χ4n) is 2.67. The van der Waals surface area contributed by atoms with Crippen LogP contribution in [0.25, 0.3) is 0 Å². The first-order valence-electron chi connectivity index (χ1n) is 6.96. The molecule has 20 heavy (non-hydrogen) atoms. The van der Waals surface area contributed by atoms with Crippen LogP contribution in [0.3, 0.4) is 0 Å². The van der Waals surface area contributed by atoms with Crippen LogP contribution >= 0.6 is 0 Å². The van der Waals surface area contributed by atoms with Crippen molar-refractivity contribution in [1.29, 1.82) is 0 Å². The molecule has 110 valence electrons. The minimum Gasteiger partial charge on any atom is -0.393 e. The largest absolute Gasteiger partial charge is 0.393 e. The zero-order valence-corrected chi connectivity index (χ0v) is 11.7. The number of likely N-dealkylation sites (N-methyl/N-ethyl adjacent to an activating group) is 1. The van der Waals surface area contributed by atoms with Crippen LogP contribution in [0.2, 0.25) is 0 Å². The molecule has 0 aliphatic heterocycles. The molecule has 0 spiro atoms. The molecule has 4 nitrogen and oxygen atoms in total. The van der Waals surface area contributed by atoms with Crippen molar-refractivity contribution in [1.82, 2.24) is 4.90 Å². The van der Waals surface area contributed by atoms with Crippen molar-refractivity contribution in [3.63, 3.8) is 0 Å². The van der Waals surface area contributed by atoms with E-state index in [1.165, 1.54) is 24.3 Å². The van der Waals surface area contributed by atoms with Gasteiger partial charge in [0.1, 0.15) is 5.82 Å². The summed E-state index contributed by atoms with van der Waals surface area (Å²) in [6, 6.07) is 5.70. The summed E-state index contributed by atoms with van der Waals surface area (Å²) in [5.74, 6) is -0.194. The van der Waals surface area contributed by atoms with E-state index in [2.05, 4.69) is 5.32 Å². The van der Waals surface area contributed by atoms with Crippen molar-refractivity contribution < 1.29 is 14.3 Å².